The van der Waals surface area contributed by atoms with Crippen LogP contribution in [0.25, 0.3) is 0 Å². The van der Waals surface area contributed by atoms with Crippen LogP contribution in [0, 0.1) is 20.8 Å². The monoisotopic (exact) mass is 361 g/mol. The van der Waals surface area contributed by atoms with Gasteiger partial charge in [-0.05, 0) is 55.7 Å². The number of hydrogen-bond acceptors (Lipinski definition) is 4. The van der Waals surface area contributed by atoms with Gasteiger partial charge in [-0.3, -0.25) is 4.79 Å². The second-order valence-corrected chi connectivity index (χ2v) is 6.08. The van der Waals surface area contributed by atoms with Gasteiger partial charge in [0.15, 0.2) is 13.2 Å². The van der Waals surface area contributed by atoms with Gasteiger partial charge in [0.2, 0.25) is 0 Å². The fourth-order valence-electron chi connectivity index (χ4n) is 2.22. The number of ether oxygens (including phenoxy) is 2. The van der Waals surface area contributed by atoms with E-state index in [9.17, 15) is 9.59 Å². The summed E-state index contributed by atoms with van der Waals surface area (Å²) in [5.74, 6) is -0.504. The van der Waals surface area contributed by atoms with Gasteiger partial charge in [0.1, 0.15) is 5.75 Å². The number of esters is 1. The lowest BCUT2D eigenvalue weighted by Crippen LogP contribution is -2.24. The number of para-hydroxylation sites is 1. The second kappa shape index (κ2) is 8.53. The molecule has 0 radical (unpaired) electrons. The molecule has 1 amide bonds. The van der Waals surface area contributed by atoms with Gasteiger partial charge in [0.05, 0.1) is 0 Å². The van der Waals surface area contributed by atoms with Crippen LogP contribution in [0.5, 0.6) is 5.75 Å². The molecule has 2 aromatic rings. The zero-order chi connectivity index (χ0) is 18.4. The van der Waals surface area contributed by atoms with E-state index in [1.54, 1.807) is 18.2 Å². The maximum Gasteiger partial charge on any atom is 0.344 e. The SMILES string of the molecule is Cc1cc(OCC(=O)OCC(=O)Nc2c(C)cccc2C)ccc1Cl. The van der Waals surface area contributed by atoms with Crippen LogP contribution in [0.15, 0.2) is 36.4 Å². The Morgan fingerprint density at radius 1 is 1.00 bits per heavy atom. The topological polar surface area (TPSA) is 64.6 Å². The van der Waals surface area contributed by atoms with E-state index >= 15 is 0 Å². The summed E-state index contributed by atoms with van der Waals surface area (Å²) in [6.07, 6.45) is 0. The molecule has 0 aliphatic rings. The Morgan fingerprint density at radius 3 is 2.32 bits per heavy atom. The highest BCUT2D eigenvalue weighted by Crippen LogP contribution is 2.21. The molecule has 0 atom stereocenters. The molecule has 5 nitrogen and oxygen atoms in total. The first kappa shape index (κ1) is 18.8. The van der Waals surface area contributed by atoms with Gasteiger partial charge < -0.3 is 14.8 Å². The Balaban J connectivity index is 1.79. The molecule has 2 rings (SSSR count). The number of carbonyl (C=O) groups excluding carboxylic acids is 2. The Kier molecular flexibility index (Phi) is 6.42. The van der Waals surface area contributed by atoms with E-state index in [2.05, 4.69) is 5.32 Å². The number of anilines is 1. The second-order valence-electron chi connectivity index (χ2n) is 5.68. The van der Waals surface area contributed by atoms with Gasteiger partial charge in [-0.2, -0.15) is 0 Å². The number of benzene rings is 2. The zero-order valence-electron chi connectivity index (χ0n) is 14.4. The molecule has 0 aliphatic heterocycles. The van der Waals surface area contributed by atoms with Crippen LogP contribution in [0.1, 0.15) is 16.7 Å². The molecule has 0 aliphatic carbocycles. The van der Waals surface area contributed by atoms with Crippen LogP contribution in [0.3, 0.4) is 0 Å². The molecule has 0 bridgehead atoms. The average molecular weight is 362 g/mol. The van der Waals surface area contributed by atoms with Crippen LogP contribution in [-0.4, -0.2) is 25.1 Å². The summed E-state index contributed by atoms with van der Waals surface area (Å²) in [6, 6.07) is 10.8. The van der Waals surface area contributed by atoms with Crippen LogP contribution in [0.4, 0.5) is 5.69 Å². The van der Waals surface area contributed by atoms with Crippen LogP contribution in [-0.2, 0) is 14.3 Å². The minimum Gasteiger partial charge on any atom is -0.482 e. The highest BCUT2D eigenvalue weighted by molar-refractivity contribution is 6.31. The van der Waals surface area contributed by atoms with Crippen LogP contribution in [0.2, 0.25) is 5.02 Å². The summed E-state index contributed by atoms with van der Waals surface area (Å²) in [5.41, 5.74) is 3.47. The third-order valence-corrected chi connectivity index (χ3v) is 4.02. The fraction of sp³-hybridized carbons (Fsp3) is 0.263. The largest absolute Gasteiger partial charge is 0.482 e. The van der Waals surface area contributed by atoms with Gasteiger partial charge in [0, 0.05) is 10.7 Å². The quantitative estimate of drug-likeness (QED) is 0.794. The highest BCUT2D eigenvalue weighted by Gasteiger charge is 2.11. The average Bonchev–Trinajstić information content (AvgIpc) is 2.57. The maximum absolute atomic E-state index is 11.9. The van der Waals surface area contributed by atoms with Crippen molar-refractivity contribution in [3.63, 3.8) is 0 Å². The molecule has 25 heavy (non-hydrogen) atoms. The molecule has 1 N–H and O–H groups in total. The van der Waals surface area contributed by atoms with E-state index in [1.165, 1.54) is 0 Å². The molecular formula is C19H20ClNO4. The van der Waals surface area contributed by atoms with Crippen molar-refractivity contribution < 1.29 is 19.1 Å². The summed E-state index contributed by atoms with van der Waals surface area (Å²) in [7, 11) is 0. The van der Waals surface area contributed by atoms with E-state index in [0.29, 0.717) is 10.8 Å². The Bertz CT molecular complexity index is 769. The highest BCUT2D eigenvalue weighted by atomic mass is 35.5. The number of halogens is 1. The van der Waals surface area contributed by atoms with E-state index in [-0.39, 0.29) is 13.2 Å². The fourth-order valence-corrected chi connectivity index (χ4v) is 2.34. The van der Waals surface area contributed by atoms with Crippen molar-refractivity contribution in [2.75, 3.05) is 18.5 Å². The molecule has 132 valence electrons. The number of amides is 1. The number of nitrogens with one attached hydrogen (secondary N) is 1. The van der Waals surface area contributed by atoms with Crippen molar-refractivity contribution in [1.29, 1.82) is 0 Å². The first-order valence-corrected chi connectivity index (χ1v) is 8.15. The molecule has 0 saturated carbocycles. The molecular weight excluding hydrogens is 342 g/mol. The van der Waals surface area contributed by atoms with Crippen molar-refractivity contribution in [2.24, 2.45) is 0 Å². The lowest BCUT2D eigenvalue weighted by Gasteiger charge is -2.12. The molecule has 0 heterocycles. The zero-order valence-corrected chi connectivity index (χ0v) is 15.1. The normalized spacial score (nSPS) is 10.2. The molecule has 6 heteroatoms. The van der Waals surface area contributed by atoms with Crippen molar-refractivity contribution in [3.05, 3.63) is 58.1 Å². The maximum atomic E-state index is 11.9. The first-order chi connectivity index (χ1) is 11.9. The van der Waals surface area contributed by atoms with Crippen molar-refractivity contribution in [3.8, 4) is 5.75 Å². The molecule has 0 aromatic heterocycles. The third kappa shape index (κ3) is 5.50. The van der Waals surface area contributed by atoms with Gasteiger partial charge in [-0.25, -0.2) is 4.79 Å². The standard InChI is InChI=1S/C19H20ClNO4/c1-12-5-4-6-13(2)19(12)21-17(22)10-25-18(23)11-24-15-7-8-16(20)14(3)9-15/h4-9H,10-11H2,1-3H3,(H,21,22). The van der Waals surface area contributed by atoms with Crippen LogP contribution >= 0.6 is 11.6 Å². The number of hydrogen-bond donors (Lipinski definition) is 1. The predicted octanol–water partition coefficient (Wildman–Crippen LogP) is 3.83. The van der Waals surface area contributed by atoms with E-state index < -0.39 is 11.9 Å². The lowest BCUT2D eigenvalue weighted by atomic mass is 10.1. The molecule has 0 saturated heterocycles. The van der Waals surface area contributed by atoms with Gasteiger partial charge in [0.25, 0.3) is 5.91 Å². The van der Waals surface area contributed by atoms with Crippen molar-refractivity contribution in [1.82, 2.24) is 0 Å². The number of aryl methyl sites for hydroxylation is 3. The number of rotatable bonds is 6. The Labute approximate surface area is 151 Å². The van der Waals surface area contributed by atoms with Crippen LogP contribution < -0.4 is 10.1 Å². The predicted molar refractivity (Wildman–Crippen MR) is 97.2 cm³/mol. The molecule has 0 spiro atoms. The van der Waals surface area contributed by atoms with Gasteiger partial charge in [-0.1, -0.05) is 29.8 Å². The van der Waals surface area contributed by atoms with E-state index in [4.69, 9.17) is 21.1 Å². The molecule has 2 aromatic carbocycles. The smallest absolute Gasteiger partial charge is 0.344 e. The summed E-state index contributed by atoms with van der Waals surface area (Å²) in [5, 5.41) is 3.37. The minimum atomic E-state index is -0.621. The summed E-state index contributed by atoms with van der Waals surface area (Å²) in [6.45, 7) is 4.99. The summed E-state index contributed by atoms with van der Waals surface area (Å²) < 4.78 is 10.3. The Morgan fingerprint density at radius 2 is 1.68 bits per heavy atom. The summed E-state index contributed by atoms with van der Waals surface area (Å²) in [4.78, 5) is 23.6. The molecule has 0 unspecified atom stereocenters. The molecule has 0 fully saturated rings. The van der Waals surface area contributed by atoms with Crippen molar-refractivity contribution >= 4 is 29.2 Å². The lowest BCUT2D eigenvalue weighted by molar-refractivity contribution is -0.149. The van der Waals surface area contributed by atoms with Crippen molar-refractivity contribution in [2.45, 2.75) is 20.8 Å². The van der Waals surface area contributed by atoms with E-state index in [0.717, 1.165) is 22.4 Å². The summed E-state index contributed by atoms with van der Waals surface area (Å²) >= 11 is 5.92. The van der Waals surface area contributed by atoms with Gasteiger partial charge >= 0.3 is 5.97 Å². The van der Waals surface area contributed by atoms with E-state index in [1.807, 2.05) is 39.0 Å². The third-order valence-electron chi connectivity index (χ3n) is 3.60. The van der Waals surface area contributed by atoms with Gasteiger partial charge in [-0.15, -0.1) is 0 Å². The first-order valence-electron chi connectivity index (χ1n) is 7.77. The minimum absolute atomic E-state index is 0.280. The number of carbonyl (C=O) groups is 2. The Hall–Kier alpha value is -2.53.